The highest BCUT2D eigenvalue weighted by Gasteiger charge is 2.29. The number of ether oxygens (including phenoxy) is 1. The van der Waals surface area contributed by atoms with Gasteiger partial charge in [-0.25, -0.2) is 13.2 Å². The van der Waals surface area contributed by atoms with Crippen molar-refractivity contribution in [1.82, 2.24) is 10.2 Å². The topological polar surface area (TPSA) is 95.9 Å². The summed E-state index contributed by atoms with van der Waals surface area (Å²) in [6, 6.07) is 8.87. The maximum Gasteiger partial charge on any atom is 0.317 e. The van der Waals surface area contributed by atoms with E-state index in [4.69, 9.17) is 4.74 Å². The number of hydrogen-bond acceptors (Lipinski definition) is 5. The van der Waals surface area contributed by atoms with Crippen LogP contribution in [0, 0.1) is 0 Å². The molecule has 1 fully saturated rings. The smallest absolute Gasteiger partial charge is 0.317 e. The van der Waals surface area contributed by atoms with Gasteiger partial charge < -0.3 is 20.1 Å². The predicted octanol–water partition coefficient (Wildman–Crippen LogP) is 0.393. The minimum atomic E-state index is -3.03. The molecule has 24 heavy (non-hydrogen) atoms. The first kappa shape index (κ1) is 18.7. The normalized spacial score (nSPS) is 20.5. The van der Waals surface area contributed by atoms with Gasteiger partial charge in [0.25, 0.3) is 0 Å². The Labute approximate surface area is 142 Å². The number of carbonyl (C=O) groups excluding carboxylic acids is 1. The van der Waals surface area contributed by atoms with Crippen molar-refractivity contribution in [1.29, 1.82) is 0 Å². The van der Waals surface area contributed by atoms with E-state index in [9.17, 15) is 18.3 Å². The lowest BCUT2D eigenvalue weighted by Crippen LogP contribution is -2.46. The maximum absolute atomic E-state index is 12.0. The Morgan fingerprint density at radius 3 is 2.75 bits per heavy atom. The summed E-state index contributed by atoms with van der Waals surface area (Å²) < 4.78 is 28.2. The van der Waals surface area contributed by atoms with Crippen LogP contribution in [-0.2, 0) is 21.2 Å². The second-order valence-corrected chi connectivity index (χ2v) is 8.31. The highest BCUT2D eigenvalue weighted by atomic mass is 32.2. The van der Waals surface area contributed by atoms with Crippen LogP contribution in [0.4, 0.5) is 4.79 Å². The standard InChI is InChI=1S/C16H24N2O5S/c1-18(16(20)17-14-7-8-24(21,22)12-14)9-15(19)11-23-10-13-5-3-2-4-6-13/h2-6,14-15,19H,7-12H2,1H3,(H,17,20)/t14-,15-/m1/s1. The van der Waals surface area contributed by atoms with Crippen LogP contribution in [0.15, 0.2) is 30.3 Å². The molecule has 0 spiro atoms. The molecule has 2 atom stereocenters. The number of nitrogens with one attached hydrogen (secondary N) is 1. The first-order valence-electron chi connectivity index (χ1n) is 7.87. The molecule has 0 aromatic heterocycles. The average Bonchev–Trinajstić information content (AvgIpc) is 2.87. The van der Waals surface area contributed by atoms with Crippen molar-refractivity contribution in [2.45, 2.75) is 25.2 Å². The van der Waals surface area contributed by atoms with Gasteiger partial charge in [-0.1, -0.05) is 30.3 Å². The van der Waals surface area contributed by atoms with Gasteiger partial charge >= 0.3 is 6.03 Å². The lowest BCUT2D eigenvalue weighted by Gasteiger charge is -2.23. The van der Waals surface area contributed by atoms with Crippen molar-refractivity contribution in [3.05, 3.63) is 35.9 Å². The van der Waals surface area contributed by atoms with Crippen LogP contribution in [0.2, 0.25) is 0 Å². The van der Waals surface area contributed by atoms with Gasteiger partial charge in [0, 0.05) is 13.1 Å². The van der Waals surface area contributed by atoms with Crippen LogP contribution < -0.4 is 5.32 Å². The number of hydrogen-bond donors (Lipinski definition) is 2. The SMILES string of the molecule is CN(C[C@@H](O)COCc1ccccc1)C(=O)N[C@@H]1CCS(=O)(=O)C1. The first-order chi connectivity index (χ1) is 11.4. The van der Waals surface area contributed by atoms with Crippen LogP contribution in [0.3, 0.4) is 0 Å². The number of sulfone groups is 1. The quantitative estimate of drug-likeness (QED) is 0.737. The van der Waals surface area contributed by atoms with Crippen LogP contribution in [0.5, 0.6) is 0 Å². The summed E-state index contributed by atoms with van der Waals surface area (Å²) >= 11 is 0. The summed E-state index contributed by atoms with van der Waals surface area (Å²) in [6.07, 6.45) is -0.373. The number of aliphatic hydroxyl groups excluding tert-OH is 1. The molecule has 8 heteroatoms. The molecule has 7 nitrogen and oxygen atoms in total. The summed E-state index contributed by atoms with van der Waals surface area (Å²) in [6.45, 7) is 0.623. The molecule has 1 heterocycles. The molecule has 0 aliphatic carbocycles. The van der Waals surface area contributed by atoms with E-state index in [0.29, 0.717) is 13.0 Å². The predicted molar refractivity (Wildman–Crippen MR) is 90.3 cm³/mol. The van der Waals surface area contributed by atoms with Crippen LogP contribution in [0.1, 0.15) is 12.0 Å². The summed E-state index contributed by atoms with van der Waals surface area (Å²) in [5.74, 6) is 0.0902. The Hall–Kier alpha value is -1.64. The minimum absolute atomic E-state index is 0.0185. The Bertz CT molecular complexity index is 635. The second-order valence-electron chi connectivity index (χ2n) is 6.08. The molecule has 0 radical (unpaired) electrons. The summed E-state index contributed by atoms with van der Waals surface area (Å²) in [7, 11) is -1.48. The summed E-state index contributed by atoms with van der Waals surface area (Å²) in [4.78, 5) is 13.3. The monoisotopic (exact) mass is 356 g/mol. The number of benzene rings is 1. The molecule has 2 amide bonds. The number of aliphatic hydroxyl groups is 1. The van der Waals surface area contributed by atoms with Crippen LogP contribution in [-0.4, -0.2) is 68.3 Å². The van der Waals surface area contributed by atoms with E-state index in [-0.39, 0.29) is 36.7 Å². The molecule has 1 aliphatic rings. The van der Waals surface area contributed by atoms with E-state index >= 15 is 0 Å². The Kier molecular flexibility index (Phi) is 6.59. The molecular weight excluding hydrogens is 332 g/mol. The van der Waals surface area contributed by atoms with Crippen LogP contribution >= 0.6 is 0 Å². The third-order valence-corrected chi connectivity index (χ3v) is 5.58. The van der Waals surface area contributed by atoms with Crippen molar-refractivity contribution < 1.29 is 23.1 Å². The number of nitrogens with zero attached hydrogens (tertiary/aromatic N) is 1. The molecule has 0 unspecified atom stereocenters. The maximum atomic E-state index is 12.0. The minimum Gasteiger partial charge on any atom is -0.389 e. The zero-order chi connectivity index (χ0) is 17.6. The van der Waals surface area contributed by atoms with Crippen molar-refractivity contribution in [2.24, 2.45) is 0 Å². The van der Waals surface area contributed by atoms with E-state index in [2.05, 4.69) is 5.32 Å². The molecular formula is C16H24N2O5S. The third-order valence-electron chi connectivity index (χ3n) is 3.81. The van der Waals surface area contributed by atoms with Crippen molar-refractivity contribution in [2.75, 3.05) is 31.7 Å². The molecule has 134 valence electrons. The molecule has 1 aromatic carbocycles. The van der Waals surface area contributed by atoms with E-state index in [1.807, 2.05) is 30.3 Å². The summed E-state index contributed by atoms with van der Waals surface area (Å²) in [5.41, 5.74) is 1.01. The zero-order valence-electron chi connectivity index (χ0n) is 13.7. The molecule has 1 saturated heterocycles. The third kappa shape index (κ3) is 6.10. The zero-order valence-corrected chi connectivity index (χ0v) is 14.5. The number of carbonyl (C=O) groups is 1. The van der Waals surface area contributed by atoms with Gasteiger partial charge in [-0.05, 0) is 12.0 Å². The van der Waals surface area contributed by atoms with E-state index < -0.39 is 15.9 Å². The molecule has 0 saturated carbocycles. The molecule has 1 aromatic rings. The van der Waals surface area contributed by atoms with Gasteiger partial charge in [-0.3, -0.25) is 0 Å². The number of likely N-dealkylation sites (N-methyl/N-ethyl adjacent to an activating group) is 1. The fourth-order valence-electron chi connectivity index (χ4n) is 2.53. The van der Waals surface area contributed by atoms with E-state index in [0.717, 1.165) is 5.56 Å². The Morgan fingerprint density at radius 2 is 2.12 bits per heavy atom. The van der Waals surface area contributed by atoms with E-state index in [1.54, 1.807) is 7.05 Å². The molecule has 2 N–H and O–H groups in total. The van der Waals surface area contributed by atoms with Gasteiger partial charge in [0.1, 0.15) is 0 Å². The number of rotatable bonds is 7. The lowest BCUT2D eigenvalue weighted by atomic mass is 10.2. The van der Waals surface area contributed by atoms with Crippen molar-refractivity contribution >= 4 is 15.9 Å². The highest BCUT2D eigenvalue weighted by molar-refractivity contribution is 7.91. The number of amides is 2. The van der Waals surface area contributed by atoms with Gasteiger partial charge in [-0.2, -0.15) is 0 Å². The number of urea groups is 1. The van der Waals surface area contributed by atoms with Gasteiger partial charge in [0.05, 0.1) is 37.4 Å². The van der Waals surface area contributed by atoms with Crippen molar-refractivity contribution in [3.8, 4) is 0 Å². The van der Waals surface area contributed by atoms with Gasteiger partial charge in [-0.15, -0.1) is 0 Å². The summed E-state index contributed by atoms with van der Waals surface area (Å²) in [5, 5.41) is 12.6. The van der Waals surface area contributed by atoms with E-state index in [1.165, 1.54) is 4.90 Å². The fourth-order valence-corrected chi connectivity index (χ4v) is 4.21. The van der Waals surface area contributed by atoms with Gasteiger partial charge in [0.2, 0.25) is 0 Å². The second kappa shape index (κ2) is 8.46. The van der Waals surface area contributed by atoms with Crippen LogP contribution in [0.25, 0.3) is 0 Å². The van der Waals surface area contributed by atoms with Gasteiger partial charge in [0.15, 0.2) is 9.84 Å². The first-order valence-corrected chi connectivity index (χ1v) is 9.69. The molecule has 0 bridgehead atoms. The highest BCUT2D eigenvalue weighted by Crippen LogP contribution is 2.11. The molecule has 2 rings (SSSR count). The molecule has 1 aliphatic heterocycles. The lowest BCUT2D eigenvalue weighted by molar-refractivity contribution is 0.0180. The van der Waals surface area contributed by atoms with Crippen molar-refractivity contribution in [3.63, 3.8) is 0 Å². The fraction of sp³-hybridized carbons (Fsp3) is 0.562. The average molecular weight is 356 g/mol. The Balaban J connectivity index is 1.67. The Morgan fingerprint density at radius 1 is 1.42 bits per heavy atom. The largest absolute Gasteiger partial charge is 0.389 e.